The molecule has 2 rings (SSSR count). The van der Waals surface area contributed by atoms with Crippen LogP contribution in [0.1, 0.15) is 5.56 Å². The molecule has 0 radical (unpaired) electrons. The van der Waals surface area contributed by atoms with Crippen LogP contribution in [0.15, 0.2) is 30.3 Å². The zero-order valence-corrected chi connectivity index (χ0v) is 11.2. The predicted octanol–water partition coefficient (Wildman–Crippen LogP) is -0.711. The van der Waals surface area contributed by atoms with E-state index in [1.807, 2.05) is 30.3 Å². The van der Waals surface area contributed by atoms with Crippen molar-refractivity contribution in [2.75, 3.05) is 13.2 Å². The summed E-state index contributed by atoms with van der Waals surface area (Å²) in [6.45, 7) is -1.27. The molecule has 1 aromatic carbocycles. The van der Waals surface area contributed by atoms with Gasteiger partial charge in [0.05, 0.1) is 13.2 Å². The summed E-state index contributed by atoms with van der Waals surface area (Å²) in [7, 11) is 0. The Kier molecular flexibility index (Phi) is 4.86. The molecule has 1 saturated heterocycles. The van der Waals surface area contributed by atoms with Crippen molar-refractivity contribution in [3.8, 4) is 0 Å². The van der Waals surface area contributed by atoms with Gasteiger partial charge in [0.15, 0.2) is 11.9 Å². The quantitative estimate of drug-likeness (QED) is 0.485. The second-order valence-electron chi connectivity index (χ2n) is 5.01. The zero-order chi connectivity index (χ0) is 15.5. The number of nitro groups is 1. The first-order valence-corrected chi connectivity index (χ1v) is 6.40. The van der Waals surface area contributed by atoms with Crippen molar-refractivity contribution in [3.05, 3.63) is 46.0 Å². The number of rotatable bonds is 5. The van der Waals surface area contributed by atoms with E-state index in [0.717, 1.165) is 5.56 Å². The third-order valence-corrected chi connectivity index (χ3v) is 3.31. The number of ether oxygens (including phenoxy) is 2. The number of benzene rings is 1. The Bertz CT molecular complexity index is 483. The highest BCUT2D eigenvalue weighted by Gasteiger charge is 2.52. The number of hydrogen-bond acceptors (Lipinski definition) is 7. The van der Waals surface area contributed by atoms with Gasteiger partial charge in [-0.2, -0.15) is 0 Å². The molecule has 1 fully saturated rings. The fraction of sp³-hybridized carbons (Fsp3) is 0.538. The van der Waals surface area contributed by atoms with Crippen LogP contribution in [0.25, 0.3) is 0 Å². The van der Waals surface area contributed by atoms with Crippen molar-refractivity contribution in [3.63, 3.8) is 0 Å². The summed E-state index contributed by atoms with van der Waals surface area (Å²) >= 11 is 0. The molecule has 0 bridgehead atoms. The molecule has 0 aliphatic carbocycles. The van der Waals surface area contributed by atoms with Crippen molar-refractivity contribution in [2.24, 2.45) is 0 Å². The first-order chi connectivity index (χ1) is 9.92. The Morgan fingerprint density at radius 2 is 2.05 bits per heavy atom. The van der Waals surface area contributed by atoms with Crippen molar-refractivity contribution < 1.29 is 29.7 Å². The minimum atomic E-state index is -2.13. The lowest BCUT2D eigenvalue weighted by Crippen LogP contribution is -2.64. The maximum atomic E-state index is 10.5. The smallest absolute Gasteiger partial charge is 0.237 e. The Labute approximate surface area is 120 Å². The molecule has 116 valence electrons. The third-order valence-electron chi connectivity index (χ3n) is 3.31. The van der Waals surface area contributed by atoms with Gasteiger partial charge >= 0.3 is 0 Å². The van der Waals surface area contributed by atoms with E-state index in [0.29, 0.717) is 0 Å². The van der Waals surface area contributed by atoms with Gasteiger partial charge in [0.1, 0.15) is 12.2 Å². The largest absolute Gasteiger partial charge is 0.387 e. The van der Waals surface area contributed by atoms with Crippen LogP contribution in [0.3, 0.4) is 0 Å². The van der Waals surface area contributed by atoms with E-state index in [1.165, 1.54) is 0 Å². The molecule has 1 aromatic rings. The average Bonchev–Trinajstić information content (AvgIpc) is 2.45. The van der Waals surface area contributed by atoms with E-state index in [2.05, 4.69) is 0 Å². The molecular weight excluding hydrogens is 282 g/mol. The van der Waals surface area contributed by atoms with Crippen LogP contribution in [0.4, 0.5) is 0 Å². The molecule has 0 saturated carbocycles. The highest BCUT2D eigenvalue weighted by molar-refractivity contribution is 5.13. The normalized spacial score (nSPS) is 32.8. The number of aliphatic hydroxyl groups excluding tert-OH is 2. The molecule has 3 N–H and O–H groups in total. The van der Waals surface area contributed by atoms with Gasteiger partial charge in [0.25, 0.3) is 0 Å². The summed E-state index contributed by atoms with van der Waals surface area (Å²) in [4.78, 5) is 9.71. The van der Waals surface area contributed by atoms with Gasteiger partial charge in [-0.25, -0.2) is 0 Å². The van der Waals surface area contributed by atoms with Crippen LogP contribution < -0.4 is 0 Å². The first kappa shape index (κ1) is 15.8. The molecule has 1 aliphatic rings. The minimum Gasteiger partial charge on any atom is -0.387 e. The fourth-order valence-corrected chi connectivity index (χ4v) is 2.14. The third kappa shape index (κ3) is 3.74. The lowest BCUT2D eigenvalue weighted by atomic mass is 9.90. The van der Waals surface area contributed by atoms with E-state index < -0.39 is 42.2 Å². The van der Waals surface area contributed by atoms with Crippen LogP contribution in [-0.2, 0) is 16.1 Å². The van der Waals surface area contributed by atoms with Crippen LogP contribution >= 0.6 is 0 Å². The number of nitrogens with zero attached hydrogens (tertiary/aromatic N) is 1. The van der Waals surface area contributed by atoms with E-state index >= 15 is 0 Å². The molecule has 21 heavy (non-hydrogen) atoms. The second kappa shape index (κ2) is 6.46. The second-order valence-corrected chi connectivity index (χ2v) is 5.01. The average molecular weight is 299 g/mol. The van der Waals surface area contributed by atoms with Gasteiger partial charge in [0.2, 0.25) is 6.54 Å². The Balaban J connectivity index is 1.94. The lowest BCUT2D eigenvalue weighted by Gasteiger charge is -2.40. The van der Waals surface area contributed by atoms with Gasteiger partial charge < -0.3 is 24.8 Å². The highest BCUT2D eigenvalue weighted by atomic mass is 16.7. The van der Waals surface area contributed by atoms with Crippen molar-refractivity contribution >= 4 is 0 Å². The molecule has 1 heterocycles. The summed E-state index contributed by atoms with van der Waals surface area (Å²) in [5.74, 6) is 0. The summed E-state index contributed by atoms with van der Waals surface area (Å²) in [6.07, 6.45) is -4.46. The predicted molar refractivity (Wildman–Crippen MR) is 69.8 cm³/mol. The van der Waals surface area contributed by atoms with Crippen molar-refractivity contribution in [1.29, 1.82) is 0 Å². The van der Waals surface area contributed by atoms with E-state index in [1.54, 1.807) is 0 Å². The Hall–Kier alpha value is -1.58. The standard InChI is InChI=1S/C13H17NO7/c15-10-11(16)13(17,7-14(18)19)8-21-12(10)20-6-9-4-2-1-3-5-9/h1-5,10-12,15-17H,6-8H2. The van der Waals surface area contributed by atoms with Crippen LogP contribution in [0.2, 0.25) is 0 Å². The van der Waals surface area contributed by atoms with E-state index in [-0.39, 0.29) is 6.61 Å². The maximum absolute atomic E-state index is 10.5. The summed E-state index contributed by atoms with van der Waals surface area (Å²) in [5.41, 5.74) is -1.29. The van der Waals surface area contributed by atoms with E-state index in [9.17, 15) is 25.4 Å². The Morgan fingerprint density at radius 1 is 1.38 bits per heavy atom. The number of aliphatic hydroxyl groups is 3. The monoisotopic (exact) mass is 299 g/mol. The topological polar surface area (TPSA) is 122 Å². The molecule has 4 atom stereocenters. The van der Waals surface area contributed by atoms with Gasteiger partial charge in [0, 0.05) is 4.92 Å². The zero-order valence-electron chi connectivity index (χ0n) is 11.2. The molecule has 1 aliphatic heterocycles. The maximum Gasteiger partial charge on any atom is 0.237 e. The van der Waals surface area contributed by atoms with Gasteiger partial charge in [-0.15, -0.1) is 0 Å². The summed E-state index contributed by atoms with van der Waals surface area (Å²) < 4.78 is 10.4. The van der Waals surface area contributed by atoms with Gasteiger partial charge in [-0.1, -0.05) is 30.3 Å². The molecular formula is C13H17NO7. The Morgan fingerprint density at radius 3 is 2.67 bits per heavy atom. The lowest BCUT2D eigenvalue weighted by molar-refractivity contribution is -0.512. The first-order valence-electron chi connectivity index (χ1n) is 6.40. The molecule has 0 aromatic heterocycles. The SMILES string of the molecule is O=[N+]([O-])CC1(O)COC(OCc2ccccc2)C(O)C1O. The van der Waals surface area contributed by atoms with Gasteiger partial charge in [-0.3, -0.25) is 10.1 Å². The summed E-state index contributed by atoms with van der Waals surface area (Å²) in [6, 6.07) is 9.11. The summed E-state index contributed by atoms with van der Waals surface area (Å²) in [5, 5.41) is 40.2. The van der Waals surface area contributed by atoms with Gasteiger partial charge in [-0.05, 0) is 5.56 Å². The van der Waals surface area contributed by atoms with Crippen LogP contribution in [-0.4, -0.2) is 57.5 Å². The minimum absolute atomic E-state index is 0.142. The molecule has 4 unspecified atom stereocenters. The molecule has 0 spiro atoms. The van der Waals surface area contributed by atoms with Crippen LogP contribution in [0, 0.1) is 10.1 Å². The van der Waals surface area contributed by atoms with Crippen molar-refractivity contribution in [1.82, 2.24) is 0 Å². The molecule has 0 amide bonds. The van der Waals surface area contributed by atoms with Crippen molar-refractivity contribution in [2.45, 2.75) is 30.7 Å². The fourth-order valence-electron chi connectivity index (χ4n) is 2.14. The number of hydrogen-bond donors (Lipinski definition) is 3. The molecule has 8 heteroatoms. The molecule has 8 nitrogen and oxygen atoms in total. The highest BCUT2D eigenvalue weighted by Crippen LogP contribution is 2.26. The van der Waals surface area contributed by atoms with Crippen LogP contribution in [0.5, 0.6) is 0 Å². The van der Waals surface area contributed by atoms with E-state index in [4.69, 9.17) is 9.47 Å².